The summed E-state index contributed by atoms with van der Waals surface area (Å²) in [7, 11) is 0. The average molecular weight is 232 g/mol. The van der Waals surface area contributed by atoms with E-state index in [9.17, 15) is 5.11 Å². The highest BCUT2D eigenvalue weighted by Crippen LogP contribution is 2.55. The molecule has 2 nitrogen and oxygen atoms in total. The van der Waals surface area contributed by atoms with Crippen LogP contribution in [0.2, 0.25) is 0 Å². The summed E-state index contributed by atoms with van der Waals surface area (Å²) in [5, 5.41) is 9.27. The molecule has 17 heavy (non-hydrogen) atoms. The molecule has 1 aromatic rings. The first-order valence-electron chi connectivity index (χ1n) is 6.36. The molecule has 1 heterocycles. The third-order valence-corrected chi connectivity index (χ3v) is 4.59. The zero-order valence-corrected chi connectivity index (χ0v) is 10.8. The zero-order chi connectivity index (χ0) is 12.3. The van der Waals surface area contributed by atoms with Gasteiger partial charge in [-0.3, -0.25) is 0 Å². The van der Waals surface area contributed by atoms with Crippen LogP contribution in [0.5, 0.6) is 5.75 Å². The lowest BCUT2D eigenvalue weighted by molar-refractivity contribution is 0.265. The van der Waals surface area contributed by atoms with E-state index in [2.05, 4.69) is 39.0 Å². The van der Waals surface area contributed by atoms with Gasteiger partial charge in [0.15, 0.2) is 0 Å². The third-order valence-electron chi connectivity index (χ3n) is 4.59. The molecule has 1 fully saturated rings. The first-order chi connectivity index (χ1) is 7.97. The summed E-state index contributed by atoms with van der Waals surface area (Å²) in [4.78, 5) is 0. The predicted octanol–water partition coefficient (Wildman–Crippen LogP) is 2.63. The highest BCUT2D eigenvalue weighted by molar-refractivity contribution is 5.48. The van der Waals surface area contributed by atoms with Crippen LogP contribution in [0.15, 0.2) is 18.2 Å². The molecule has 2 atom stereocenters. The van der Waals surface area contributed by atoms with Crippen LogP contribution in [0.1, 0.15) is 38.3 Å². The van der Waals surface area contributed by atoms with E-state index in [1.807, 2.05) is 0 Å². The Morgan fingerprint density at radius 1 is 1.35 bits per heavy atom. The minimum absolute atomic E-state index is 0.116. The van der Waals surface area contributed by atoms with Crippen molar-refractivity contribution < 1.29 is 9.84 Å². The minimum Gasteiger partial charge on any atom is -0.492 e. The maximum absolute atomic E-state index is 9.27. The summed E-state index contributed by atoms with van der Waals surface area (Å²) in [6.07, 6.45) is 1.10. The smallest absolute Gasteiger partial charge is 0.123 e. The van der Waals surface area contributed by atoms with Crippen molar-refractivity contribution in [1.82, 2.24) is 0 Å². The van der Waals surface area contributed by atoms with E-state index in [0.717, 1.165) is 18.8 Å². The van der Waals surface area contributed by atoms with Gasteiger partial charge in [0.25, 0.3) is 0 Å². The summed E-state index contributed by atoms with van der Waals surface area (Å²) >= 11 is 0. The summed E-state index contributed by atoms with van der Waals surface area (Å²) in [6, 6.07) is 6.55. The summed E-state index contributed by atoms with van der Waals surface area (Å²) in [5.41, 5.74) is 2.97. The SMILES string of the molecule is CC1(C)COc2ccc([C@@]3(C)C[C@@H]3CO)cc21. The molecule has 1 aliphatic heterocycles. The fourth-order valence-electron chi connectivity index (χ4n) is 2.95. The Bertz CT molecular complexity index is 464. The topological polar surface area (TPSA) is 29.5 Å². The first kappa shape index (κ1) is 11.1. The van der Waals surface area contributed by atoms with Gasteiger partial charge in [-0.15, -0.1) is 0 Å². The number of hydrogen-bond acceptors (Lipinski definition) is 2. The Morgan fingerprint density at radius 2 is 2.12 bits per heavy atom. The lowest BCUT2D eigenvalue weighted by atomic mass is 9.83. The molecule has 0 radical (unpaired) electrons. The number of ether oxygens (including phenoxy) is 1. The quantitative estimate of drug-likeness (QED) is 0.849. The van der Waals surface area contributed by atoms with Crippen LogP contribution >= 0.6 is 0 Å². The van der Waals surface area contributed by atoms with Gasteiger partial charge in [0, 0.05) is 17.6 Å². The minimum atomic E-state index is 0.116. The molecule has 0 unspecified atom stereocenters. The third kappa shape index (κ3) is 1.50. The molecule has 0 spiro atoms. The molecule has 1 saturated carbocycles. The number of hydrogen-bond donors (Lipinski definition) is 1. The van der Waals surface area contributed by atoms with Gasteiger partial charge in [-0.25, -0.2) is 0 Å². The standard InChI is InChI=1S/C15H20O2/c1-14(2)9-17-13-5-4-10(6-12(13)14)15(3)7-11(15)8-16/h4-6,11,16H,7-9H2,1-3H3/t11-,15-/m1/s1. The van der Waals surface area contributed by atoms with Crippen molar-refractivity contribution in [2.24, 2.45) is 5.92 Å². The van der Waals surface area contributed by atoms with Crippen molar-refractivity contribution in [3.8, 4) is 5.75 Å². The molecule has 2 heteroatoms. The highest BCUT2D eigenvalue weighted by Gasteiger charge is 2.51. The first-order valence-corrected chi connectivity index (χ1v) is 6.36. The molecule has 2 aliphatic rings. The van der Waals surface area contributed by atoms with Crippen LogP contribution in [-0.2, 0) is 10.8 Å². The molecule has 0 amide bonds. The maximum atomic E-state index is 9.27. The van der Waals surface area contributed by atoms with Gasteiger partial charge in [-0.1, -0.05) is 32.9 Å². The average Bonchev–Trinajstić information content (AvgIpc) is 2.89. The van der Waals surface area contributed by atoms with Gasteiger partial charge in [0.1, 0.15) is 5.75 Å². The largest absolute Gasteiger partial charge is 0.492 e. The molecule has 0 saturated heterocycles. The molecule has 1 N–H and O–H groups in total. The van der Waals surface area contributed by atoms with Crippen molar-refractivity contribution in [2.45, 2.75) is 38.0 Å². The Balaban J connectivity index is 2.00. The Hall–Kier alpha value is -1.02. The van der Waals surface area contributed by atoms with E-state index >= 15 is 0 Å². The number of benzene rings is 1. The normalized spacial score (nSPS) is 33.1. The predicted molar refractivity (Wildman–Crippen MR) is 67.5 cm³/mol. The lowest BCUT2D eigenvalue weighted by Crippen LogP contribution is -2.19. The molecular weight excluding hydrogens is 212 g/mol. The van der Waals surface area contributed by atoms with E-state index in [-0.39, 0.29) is 10.8 Å². The van der Waals surface area contributed by atoms with Crippen molar-refractivity contribution in [1.29, 1.82) is 0 Å². The number of rotatable bonds is 2. The van der Waals surface area contributed by atoms with E-state index in [1.165, 1.54) is 11.1 Å². The molecule has 1 aliphatic carbocycles. The Kier molecular flexibility index (Phi) is 2.13. The van der Waals surface area contributed by atoms with E-state index in [1.54, 1.807) is 0 Å². The maximum Gasteiger partial charge on any atom is 0.123 e. The highest BCUT2D eigenvalue weighted by atomic mass is 16.5. The van der Waals surface area contributed by atoms with Crippen LogP contribution in [0, 0.1) is 5.92 Å². The van der Waals surface area contributed by atoms with Gasteiger partial charge in [0.2, 0.25) is 0 Å². The van der Waals surface area contributed by atoms with Gasteiger partial charge < -0.3 is 9.84 Å². The lowest BCUT2D eigenvalue weighted by Gasteiger charge is -2.18. The zero-order valence-electron chi connectivity index (χ0n) is 10.8. The molecule has 92 valence electrons. The van der Waals surface area contributed by atoms with Crippen LogP contribution < -0.4 is 4.74 Å². The van der Waals surface area contributed by atoms with Gasteiger partial charge >= 0.3 is 0 Å². The van der Waals surface area contributed by atoms with Crippen LogP contribution in [-0.4, -0.2) is 18.3 Å². The molecule has 3 rings (SSSR count). The second-order valence-corrected chi connectivity index (χ2v) is 6.38. The number of aliphatic hydroxyl groups is 1. The Labute approximate surface area is 103 Å². The fraction of sp³-hybridized carbons (Fsp3) is 0.600. The van der Waals surface area contributed by atoms with Gasteiger partial charge in [-0.2, -0.15) is 0 Å². The second-order valence-electron chi connectivity index (χ2n) is 6.38. The van der Waals surface area contributed by atoms with Crippen molar-refractivity contribution in [3.63, 3.8) is 0 Å². The number of fused-ring (bicyclic) bond motifs is 1. The van der Waals surface area contributed by atoms with E-state index in [4.69, 9.17) is 4.74 Å². The van der Waals surface area contributed by atoms with Crippen molar-refractivity contribution in [3.05, 3.63) is 29.3 Å². The summed E-state index contributed by atoms with van der Waals surface area (Å²) in [6.45, 7) is 7.76. The van der Waals surface area contributed by atoms with Crippen molar-refractivity contribution >= 4 is 0 Å². The van der Waals surface area contributed by atoms with Gasteiger partial charge in [-0.05, 0) is 29.4 Å². The summed E-state index contributed by atoms with van der Waals surface area (Å²) in [5.74, 6) is 1.47. The van der Waals surface area contributed by atoms with Crippen LogP contribution in [0.4, 0.5) is 0 Å². The van der Waals surface area contributed by atoms with Crippen molar-refractivity contribution in [2.75, 3.05) is 13.2 Å². The van der Waals surface area contributed by atoms with E-state index < -0.39 is 0 Å². The molecule has 0 bridgehead atoms. The Morgan fingerprint density at radius 3 is 2.76 bits per heavy atom. The monoisotopic (exact) mass is 232 g/mol. The summed E-state index contributed by atoms with van der Waals surface area (Å²) < 4.78 is 5.71. The molecule has 0 aromatic heterocycles. The van der Waals surface area contributed by atoms with Crippen LogP contribution in [0.25, 0.3) is 0 Å². The fourth-order valence-corrected chi connectivity index (χ4v) is 2.95. The molecule has 1 aromatic carbocycles. The number of aliphatic hydroxyl groups excluding tert-OH is 1. The van der Waals surface area contributed by atoms with Crippen LogP contribution in [0.3, 0.4) is 0 Å². The van der Waals surface area contributed by atoms with Gasteiger partial charge in [0.05, 0.1) is 6.61 Å². The molecular formula is C15H20O2. The van der Waals surface area contributed by atoms with E-state index in [0.29, 0.717) is 12.5 Å². The second kappa shape index (κ2) is 3.26.